The number of benzene rings is 1. The van der Waals surface area contributed by atoms with Crippen molar-refractivity contribution in [3.8, 4) is 11.4 Å². The lowest BCUT2D eigenvalue weighted by Crippen LogP contribution is -2.39. The minimum absolute atomic E-state index is 0.0195. The summed E-state index contributed by atoms with van der Waals surface area (Å²) in [7, 11) is 0. The molecule has 24 heavy (non-hydrogen) atoms. The van der Waals surface area contributed by atoms with Crippen LogP contribution in [0.25, 0.3) is 11.4 Å². The number of aromatic nitrogens is 2. The Balaban J connectivity index is 1.61. The second-order valence-corrected chi connectivity index (χ2v) is 5.99. The molecule has 0 spiro atoms. The van der Waals surface area contributed by atoms with Crippen molar-refractivity contribution in [2.45, 2.75) is 6.10 Å². The summed E-state index contributed by atoms with van der Waals surface area (Å²) in [6.07, 6.45) is 3.23. The highest BCUT2D eigenvalue weighted by Crippen LogP contribution is 2.28. The Morgan fingerprint density at radius 2 is 2.00 bits per heavy atom. The monoisotopic (exact) mass is 341 g/mol. The van der Waals surface area contributed by atoms with Crippen LogP contribution in [0.4, 0.5) is 5.82 Å². The fourth-order valence-electron chi connectivity index (χ4n) is 2.82. The molecule has 1 unspecified atom stereocenters. The van der Waals surface area contributed by atoms with E-state index in [1.807, 2.05) is 24.3 Å². The number of ether oxygens (including phenoxy) is 1. The highest BCUT2D eigenvalue weighted by molar-refractivity contribution is 6.29. The van der Waals surface area contributed by atoms with Crippen LogP contribution in [0.1, 0.15) is 11.7 Å². The molecule has 0 saturated carbocycles. The number of hydrogen-bond acceptors (Lipinski definition) is 5. The van der Waals surface area contributed by atoms with Gasteiger partial charge in [-0.05, 0) is 11.6 Å². The van der Waals surface area contributed by atoms with Crippen LogP contribution in [0.5, 0.6) is 0 Å². The lowest BCUT2D eigenvalue weighted by molar-refractivity contribution is 0.0395. The van der Waals surface area contributed by atoms with Gasteiger partial charge in [-0.2, -0.15) is 0 Å². The molecule has 0 aliphatic carbocycles. The molecule has 0 bridgehead atoms. The number of morpholine rings is 1. The van der Waals surface area contributed by atoms with Gasteiger partial charge in [0.15, 0.2) is 5.82 Å². The summed E-state index contributed by atoms with van der Waals surface area (Å²) < 4.78 is 11.0. The first kappa shape index (κ1) is 15.2. The molecule has 1 aromatic carbocycles. The van der Waals surface area contributed by atoms with E-state index < -0.39 is 0 Å². The number of halogens is 1. The Morgan fingerprint density at radius 1 is 1.12 bits per heavy atom. The summed E-state index contributed by atoms with van der Waals surface area (Å²) in [4.78, 5) is 11.1. The van der Waals surface area contributed by atoms with Crippen LogP contribution in [0, 0.1) is 0 Å². The standard InChI is InChI=1S/C18H16ClN3O2/c19-16-10-17(21-18(20-16)14-6-8-23-12-14)22-7-9-24-15(11-22)13-4-2-1-3-5-13/h1-6,8,10,12,15H,7,9,11H2. The predicted molar refractivity (Wildman–Crippen MR) is 92.1 cm³/mol. The number of rotatable bonds is 3. The van der Waals surface area contributed by atoms with Gasteiger partial charge in [-0.1, -0.05) is 41.9 Å². The van der Waals surface area contributed by atoms with Crippen LogP contribution < -0.4 is 4.90 Å². The van der Waals surface area contributed by atoms with Crippen molar-refractivity contribution >= 4 is 17.4 Å². The second kappa shape index (κ2) is 6.63. The van der Waals surface area contributed by atoms with Gasteiger partial charge in [0.25, 0.3) is 0 Å². The molecule has 4 rings (SSSR count). The van der Waals surface area contributed by atoms with Crippen LogP contribution in [0.2, 0.25) is 5.15 Å². The molecule has 2 aromatic heterocycles. The first-order valence-corrected chi connectivity index (χ1v) is 8.16. The summed E-state index contributed by atoms with van der Waals surface area (Å²) in [6, 6.07) is 13.8. The third kappa shape index (κ3) is 3.13. The molecule has 3 heterocycles. The Morgan fingerprint density at radius 3 is 2.79 bits per heavy atom. The lowest BCUT2D eigenvalue weighted by Gasteiger charge is -2.34. The number of furan rings is 1. The van der Waals surface area contributed by atoms with Crippen LogP contribution in [-0.4, -0.2) is 29.7 Å². The average Bonchev–Trinajstić information content (AvgIpc) is 3.17. The zero-order valence-corrected chi connectivity index (χ0v) is 13.7. The zero-order chi connectivity index (χ0) is 16.4. The summed E-state index contributed by atoms with van der Waals surface area (Å²) in [5.41, 5.74) is 1.98. The van der Waals surface area contributed by atoms with Crippen molar-refractivity contribution in [1.29, 1.82) is 0 Å². The van der Waals surface area contributed by atoms with Gasteiger partial charge in [0, 0.05) is 19.2 Å². The Bertz CT molecular complexity index is 808. The Labute approximate surface area is 144 Å². The largest absolute Gasteiger partial charge is 0.472 e. The number of anilines is 1. The average molecular weight is 342 g/mol. The fourth-order valence-corrected chi connectivity index (χ4v) is 2.99. The Kier molecular flexibility index (Phi) is 4.19. The minimum Gasteiger partial charge on any atom is -0.472 e. The highest BCUT2D eigenvalue weighted by atomic mass is 35.5. The van der Waals surface area contributed by atoms with Crippen LogP contribution in [0.3, 0.4) is 0 Å². The van der Waals surface area contributed by atoms with Crippen molar-refractivity contribution in [3.63, 3.8) is 0 Å². The molecule has 1 saturated heterocycles. The third-order valence-corrected chi connectivity index (χ3v) is 4.22. The molecule has 1 aliphatic heterocycles. The fraction of sp³-hybridized carbons (Fsp3) is 0.222. The predicted octanol–water partition coefficient (Wildman–Crippen LogP) is 3.97. The normalized spacial score (nSPS) is 17.9. The van der Waals surface area contributed by atoms with E-state index in [4.69, 9.17) is 20.8 Å². The molecular formula is C18H16ClN3O2. The van der Waals surface area contributed by atoms with Crippen LogP contribution in [-0.2, 0) is 4.74 Å². The van der Waals surface area contributed by atoms with E-state index in [2.05, 4.69) is 27.0 Å². The first-order chi connectivity index (χ1) is 11.8. The van der Waals surface area contributed by atoms with Crippen molar-refractivity contribution in [2.75, 3.05) is 24.6 Å². The van der Waals surface area contributed by atoms with E-state index in [1.165, 1.54) is 0 Å². The highest BCUT2D eigenvalue weighted by Gasteiger charge is 2.23. The van der Waals surface area contributed by atoms with E-state index in [1.54, 1.807) is 18.6 Å². The Hall–Kier alpha value is -2.37. The molecule has 3 aromatic rings. The number of hydrogen-bond donors (Lipinski definition) is 0. The van der Waals surface area contributed by atoms with Crippen molar-refractivity contribution < 1.29 is 9.15 Å². The SMILES string of the molecule is Clc1cc(N2CCOC(c3ccccc3)C2)nc(-c2ccoc2)n1. The van der Waals surface area contributed by atoms with Crippen LogP contribution >= 0.6 is 11.6 Å². The van der Waals surface area contributed by atoms with E-state index in [0.29, 0.717) is 17.6 Å². The molecule has 5 nitrogen and oxygen atoms in total. The van der Waals surface area contributed by atoms with Crippen molar-refractivity contribution in [1.82, 2.24) is 9.97 Å². The van der Waals surface area contributed by atoms with Gasteiger partial charge < -0.3 is 14.1 Å². The molecule has 0 radical (unpaired) electrons. The second-order valence-electron chi connectivity index (χ2n) is 5.60. The van der Waals surface area contributed by atoms with E-state index in [0.717, 1.165) is 30.0 Å². The van der Waals surface area contributed by atoms with Crippen LogP contribution in [0.15, 0.2) is 59.4 Å². The van der Waals surface area contributed by atoms with Gasteiger partial charge in [0.05, 0.1) is 18.4 Å². The van der Waals surface area contributed by atoms with Crippen molar-refractivity contribution in [3.05, 3.63) is 65.7 Å². The molecule has 1 atom stereocenters. The van der Waals surface area contributed by atoms with Gasteiger partial charge in [-0.25, -0.2) is 9.97 Å². The molecule has 6 heteroatoms. The van der Waals surface area contributed by atoms with Gasteiger partial charge in [-0.15, -0.1) is 0 Å². The van der Waals surface area contributed by atoms with E-state index in [-0.39, 0.29) is 6.10 Å². The summed E-state index contributed by atoms with van der Waals surface area (Å²) in [5.74, 6) is 1.37. The minimum atomic E-state index is 0.0195. The van der Waals surface area contributed by atoms with Gasteiger partial charge in [0.1, 0.15) is 23.3 Å². The molecule has 1 fully saturated rings. The summed E-state index contributed by atoms with van der Waals surface area (Å²) >= 11 is 6.20. The summed E-state index contributed by atoms with van der Waals surface area (Å²) in [5, 5.41) is 0.416. The quantitative estimate of drug-likeness (QED) is 0.675. The van der Waals surface area contributed by atoms with Gasteiger partial charge >= 0.3 is 0 Å². The van der Waals surface area contributed by atoms with Gasteiger partial charge in [0.2, 0.25) is 0 Å². The zero-order valence-electron chi connectivity index (χ0n) is 12.9. The molecule has 0 amide bonds. The first-order valence-electron chi connectivity index (χ1n) is 7.78. The number of nitrogens with zero attached hydrogens (tertiary/aromatic N) is 3. The molecule has 1 aliphatic rings. The van der Waals surface area contributed by atoms with Crippen molar-refractivity contribution in [2.24, 2.45) is 0 Å². The molecule has 122 valence electrons. The third-order valence-electron chi connectivity index (χ3n) is 4.02. The lowest BCUT2D eigenvalue weighted by atomic mass is 10.1. The van der Waals surface area contributed by atoms with Gasteiger partial charge in [-0.3, -0.25) is 0 Å². The van der Waals surface area contributed by atoms with E-state index in [9.17, 15) is 0 Å². The molecule has 0 N–H and O–H groups in total. The maximum atomic E-state index is 6.20. The molecular weight excluding hydrogens is 326 g/mol. The maximum absolute atomic E-state index is 6.20. The maximum Gasteiger partial charge on any atom is 0.166 e. The smallest absolute Gasteiger partial charge is 0.166 e. The van der Waals surface area contributed by atoms with E-state index >= 15 is 0 Å². The topological polar surface area (TPSA) is 51.4 Å². The summed E-state index contributed by atoms with van der Waals surface area (Å²) in [6.45, 7) is 2.13.